The molecule has 7 nitrogen and oxygen atoms in total. The van der Waals surface area contributed by atoms with Gasteiger partial charge in [0.05, 0.1) is 32.3 Å². The van der Waals surface area contributed by atoms with Crippen molar-refractivity contribution in [3.8, 4) is 0 Å². The molecule has 0 N–H and O–H groups in total. The average Bonchev–Trinajstić information content (AvgIpc) is 2.76. The Labute approximate surface area is 118 Å². The quantitative estimate of drug-likeness (QED) is 0.498. The third-order valence-corrected chi connectivity index (χ3v) is 5.33. The number of ether oxygens (including phenoxy) is 2. The van der Waals surface area contributed by atoms with Crippen molar-refractivity contribution in [2.45, 2.75) is 32.9 Å². The maximum atomic E-state index is 12.8. The minimum Gasteiger partial charge on any atom is -0.465 e. The number of cyclic esters (lactones) is 1. The van der Waals surface area contributed by atoms with Crippen LogP contribution >= 0.6 is 7.60 Å². The number of esters is 2. The van der Waals surface area contributed by atoms with Gasteiger partial charge in [0.1, 0.15) is 0 Å². The number of rotatable bonds is 8. The maximum Gasteiger partial charge on any atom is 0.345 e. The second kappa shape index (κ2) is 7.76. The van der Waals surface area contributed by atoms with Crippen molar-refractivity contribution in [1.82, 2.24) is 0 Å². The zero-order chi connectivity index (χ0) is 15.2. The van der Waals surface area contributed by atoms with Gasteiger partial charge in [-0.1, -0.05) is 0 Å². The van der Waals surface area contributed by atoms with E-state index in [0.29, 0.717) is 6.42 Å². The lowest BCUT2D eigenvalue weighted by molar-refractivity contribution is -0.149. The summed E-state index contributed by atoms with van der Waals surface area (Å²) in [7, 11) is -3.78. The van der Waals surface area contributed by atoms with Gasteiger partial charge < -0.3 is 18.5 Å². The van der Waals surface area contributed by atoms with Crippen LogP contribution in [0.15, 0.2) is 0 Å². The Morgan fingerprint density at radius 2 is 1.90 bits per heavy atom. The van der Waals surface area contributed by atoms with Crippen LogP contribution in [0.2, 0.25) is 0 Å². The van der Waals surface area contributed by atoms with Crippen LogP contribution in [0.4, 0.5) is 0 Å². The van der Waals surface area contributed by atoms with Crippen molar-refractivity contribution in [2.24, 2.45) is 5.92 Å². The van der Waals surface area contributed by atoms with E-state index in [1.54, 1.807) is 20.8 Å². The summed E-state index contributed by atoms with van der Waals surface area (Å²) in [6, 6.07) is 0. The molecule has 1 rings (SSSR count). The molecule has 0 aromatic carbocycles. The van der Waals surface area contributed by atoms with Crippen LogP contribution in [0, 0.1) is 5.92 Å². The summed E-state index contributed by atoms with van der Waals surface area (Å²) in [6.45, 7) is 5.44. The minimum absolute atomic E-state index is 0.106. The molecule has 0 bridgehead atoms. The van der Waals surface area contributed by atoms with E-state index in [2.05, 4.69) is 0 Å². The highest BCUT2D eigenvalue weighted by molar-refractivity contribution is 7.55. The van der Waals surface area contributed by atoms with E-state index >= 15 is 0 Å². The van der Waals surface area contributed by atoms with E-state index in [-0.39, 0.29) is 26.4 Å². The fourth-order valence-electron chi connectivity index (χ4n) is 2.10. The van der Waals surface area contributed by atoms with E-state index in [1.165, 1.54) is 0 Å². The average molecular weight is 308 g/mol. The maximum absolute atomic E-state index is 12.8. The predicted molar refractivity (Wildman–Crippen MR) is 70.3 cm³/mol. The summed E-state index contributed by atoms with van der Waals surface area (Å²) >= 11 is 0. The molecule has 0 saturated carbocycles. The molecule has 1 heterocycles. The van der Waals surface area contributed by atoms with Gasteiger partial charge in [0.2, 0.25) is 0 Å². The van der Waals surface area contributed by atoms with Crippen LogP contribution in [0.5, 0.6) is 0 Å². The topological polar surface area (TPSA) is 88.1 Å². The Morgan fingerprint density at radius 1 is 1.30 bits per heavy atom. The van der Waals surface area contributed by atoms with Crippen molar-refractivity contribution in [1.29, 1.82) is 0 Å². The molecule has 1 aliphatic heterocycles. The van der Waals surface area contributed by atoms with E-state index in [9.17, 15) is 14.2 Å². The van der Waals surface area contributed by atoms with Gasteiger partial charge in [0.25, 0.3) is 0 Å². The molecule has 0 radical (unpaired) electrons. The van der Waals surface area contributed by atoms with E-state index in [1.807, 2.05) is 0 Å². The fraction of sp³-hybridized carbons (Fsp3) is 0.833. The van der Waals surface area contributed by atoms with Gasteiger partial charge in [-0.25, -0.2) is 0 Å². The number of carbonyl (C=O) groups excluding carboxylic acids is 2. The van der Waals surface area contributed by atoms with Crippen molar-refractivity contribution >= 4 is 19.5 Å². The van der Waals surface area contributed by atoms with Crippen molar-refractivity contribution in [3.63, 3.8) is 0 Å². The van der Waals surface area contributed by atoms with Crippen molar-refractivity contribution in [2.75, 3.05) is 26.4 Å². The standard InChI is InChI=1S/C12H21O7P/c1-4-16-12(14)10(9-7-8-17-11(9)13)20(15,18-5-2)19-6-3/h9-10H,4-8H2,1-3H3. The van der Waals surface area contributed by atoms with E-state index in [0.717, 1.165) is 0 Å². The van der Waals surface area contributed by atoms with Gasteiger partial charge in [-0.05, 0) is 27.2 Å². The smallest absolute Gasteiger partial charge is 0.345 e. The third-order valence-electron chi connectivity index (χ3n) is 2.84. The fourth-order valence-corrected chi connectivity index (χ4v) is 4.26. The molecular weight excluding hydrogens is 287 g/mol. The first-order chi connectivity index (χ1) is 9.50. The molecule has 1 fully saturated rings. The summed E-state index contributed by atoms with van der Waals surface area (Å²) in [6.07, 6.45) is 0.298. The molecule has 2 atom stereocenters. The molecule has 0 aromatic rings. The van der Waals surface area contributed by atoms with Crippen molar-refractivity contribution < 1.29 is 32.7 Å². The lowest BCUT2D eigenvalue weighted by atomic mass is 10.0. The van der Waals surface area contributed by atoms with Crippen LogP contribution < -0.4 is 0 Å². The highest BCUT2D eigenvalue weighted by Gasteiger charge is 2.52. The molecule has 1 aliphatic rings. The predicted octanol–water partition coefficient (Wildman–Crippen LogP) is 1.75. The van der Waals surface area contributed by atoms with Gasteiger partial charge in [-0.2, -0.15) is 0 Å². The van der Waals surface area contributed by atoms with Crippen LogP contribution in [0.25, 0.3) is 0 Å². The van der Waals surface area contributed by atoms with Crippen LogP contribution in [-0.2, 0) is 32.7 Å². The first-order valence-corrected chi connectivity index (χ1v) is 8.33. The van der Waals surface area contributed by atoms with Crippen LogP contribution in [0.3, 0.4) is 0 Å². The Bertz CT molecular complexity index is 385. The Morgan fingerprint density at radius 3 is 2.30 bits per heavy atom. The van der Waals surface area contributed by atoms with Gasteiger partial charge >= 0.3 is 19.5 Å². The molecule has 0 aliphatic carbocycles. The van der Waals surface area contributed by atoms with Crippen LogP contribution in [-0.4, -0.2) is 44.0 Å². The van der Waals surface area contributed by atoms with Gasteiger partial charge in [0, 0.05) is 0 Å². The zero-order valence-electron chi connectivity index (χ0n) is 12.0. The highest BCUT2D eigenvalue weighted by Crippen LogP contribution is 2.57. The Balaban J connectivity index is 3.09. The summed E-state index contributed by atoms with van der Waals surface area (Å²) in [4.78, 5) is 23.8. The summed E-state index contributed by atoms with van der Waals surface area (Å²) < 4.78 is 33.0. The van der Waals surface area contributed by atoms with Crippen LogP contribution in [0.1, 0.15) is 27.2 Å². The monoisotopic (exact) mass is 308 g/mol. The third kappa shape index (κ3) is 3.81. The molecular formula is C12H21O7P. The number of carbonyl (C=O) groups is 2. The summed E-state index contributed by atoms with van der Waals surface area (Å²) in [5.41, 5.74) is -1.27. The largest absolute Gasteiger partial charge is 0.465 e. The molecule has 0 spiro atoms. The SMILES string of the molecule is CCOC(=O)C(C1CCOC1=O)P(=O)(OCC)OCC. The molecule has 20 heavy (non-hydrogen) atoms. The zero-order valence-corrected chi connectivity index (χ0v) is 12.9. The van der Waals surface area contributed by atoms with E-state index in [4.69, 9.17) is 18.5 Å². The second-order valence-electron chi connectivity index (χ2n) is 4.13. The van der Waals surface area contributed by atoms with Gasteiger partial charge in [0.15, 0.2) is 5.66 Å². The number of hydrogen-bond acceptors (Lipinski definition) is 7. The van der Waals surface area contributed by atoms with Gasteiger partial charge in [-0.15, -0.1) is 0 Å². The molecule has 116 valence electrons. The highest BCUT2D eigenvalue weighted by atomic mass is 31.2. The van der Waals surface area contributed by atoms with Crippen molar-refractivity contribution in [3.05, 3.63) is 0 Å². The first kappa shape index (κ1) is 17.1. The second-order valence-corrected chi connectivity index (χ2v) is 6.29. The molecule has 0 amide bonds. The Hall–Kier alpha value is -0.910. The number of hydrogen-bond donors (Lipinski definition) is 0. The van der Waals surface area contributed by atoms with E-state index < -0.39 is 31.1 Å². The molecule has 1 saturated heterocycles. The lowest BCUT2D eigenvalue weighted by Crippen LogP contribution is -2.35. The van der Waals surface area contributed by atoms with Gasteiger partial charge in [-0.3, -0.25) is 14.2 Å². The lowest BCUT2D eigenvalue weighted by Gasteiger charge is -2.26. The molecule has 0 aromatic heterocycles. The Kier molecular flexibility index (Phi) is 6.65. The summed E-state index contributed by atoms with van der Waals surface area (Å²) in [5.74, 6) is -2.16. The summed E-state index contributed by atoms with van der Waals surface area (Å²) in [5, 5.41) is 0. The molecule has 8 heteroatoms. The minimum atomic E-state index is -3.78. The molecule has 2 unspecified atom stereocenters. The first-order valence-electron chi connectivity index (χ1n) is 6.72. The normalized spacial score (nSPS) is 20.6.